The molecule has 0 fully saturated rings. The summed E-state index contributed by atoms with van der Waals surface area (Å²) < 4.78 is 38.4. The van der Waals surface area contributed by atoms with Gasteiger partial charge in [-0.25, -0.2) is 13.8 Å². The van der Waals surface area contributed by atoms with Gasteiger partial charge in [0, 0.05) is 5.38 Å². The summed E-state index contributed by atoms with van der Waals surface area (Å²) in [7, 11) is 1.53. The van der Waals surface area contributed by atoms with Gasteiger partial charge >= 0.3 is 0 Å². The summed E-state index contributed by atoms with van der Waals surface area (Å²) >= 11 is 1.17. The molecular weight excluding hydrogens is 392 g/mol. The molecule has 28 heavy (non-hydrogen) atoms. The average Bonchev–Trinajstić information content (AvgIpc) is 3.17. The lowest BCUT2D eigenvalue weighted by atomic mass is 10.1. The molecule has 0 aliphatic rings. The van der Waals surface area contributed by atoms with Crippen molar-refractivity contribution >= 4 is 17.2 Å². The van der Waals surface area contributed by atoms with Gasteiger partial charge in [-0.15, -0.1) is 11.3 Å². The summed E-state index contributed by atoms with van der Waals surface area (Å²) in [5.74, 6) is -3.43. The van der Waals surface area contributed by atoms with Crippen molar-refractivity contribution in [2.75, 3.05) is 13.7 Å². The van der Waals surface area contributed by atoms with E-state index in [9.17, 15) is 18.7 Å². The number of nitrogens with two attached hydrogens (primary N) is 1. The molecule has 2 aromatic heterocycles. The van der Waals surface area contributed by atoms with E-state index in [0.717, 1.165) is 12.1 Å². The predicted octanol–water partition coefficient (Wildman–Crippen LogP) is 2.70. The van der Waals surface area contributed by atoms with Crippen molar-refractivity contribution in [1.82, 2.24) is 9.97 Å². The number of aliphatic hydroxyl groups is 1. The Morgan fingerprint density at radius 2 is 2.07 bits per heavy atom. The number of amides is 1. The summed E-state index contributed by atoms with van der Waals surface area (Å²) in [5, 5.41) is 11.7. The number of ether oxygens (including phenoxy) is 2. The molecule has 1 atom stereocenters. The molecular formula is C18H15F2N3O4S. The molecule has 0 saturated carbocycles. The van der Waals surface area contributed by atoms with Crippen LogP contribution in [0.15, 0.2) is 35.8 Å². The third-order valence-corrected chi connectivity index (χ3v) is 4.71. The number of methoxy groups -OCH3 is 1. The summed E-state index contributed by atoms with van der Waals surface area (Å²) in [5.41, 5.74) is 5.19. The Hall–Kier alpha value is -3.11. The van der Waals surface area contributed by atoms with E-state index in [1.165, 1.54) is 24.6 Å². The molecule has 0 bridgehead atoms. The van der Waals surface area contributed by atoms with E-state index in [0.29, 0.717) is 22.1 Å². The first-order chi connectivity index (χ1) is 13.4. The Morgan fingerprint density at radius 3 is 2.68 bits per heavy atom. The van der Waals surface area contributed by atoms with Gasteiger partial charge in [0.15, 0.2) is 17.7 Å². The smallest absolute Gasteiger partial charge is 0.254 e. The number of aliphatic hydroxyl groups excluding tert-OH is 1. The molecule has 2 heterocycles. The highest BCUT2D eigenvalue weighted by atomic mass is 32.1. The van der Waals surface area contributed by atoms with E-state index in [-0.39, 0.29) is 0 Å². The molecule has 0 spiro atoms. The van der Waals surface area contributed by atoms with Crippen LogP contribution in [-0.2, 0) is 0 Å². The van der Waals surface area contributed by atoms with E-state index in [2.05, 4.69) is 9.97 Å². The predicted molar refractivity (Wildman–Crippen MR) is 97.2 cm³/mol. The number of carbonyl (C=O) groups excluding carboxylic acids is 1. The number of rotatable bonds is 7. The van der Waals surface area contributed by atoms with E-state index in [1.54, 1.807) is 17.5 Å². The zero-order valence-corrected chi connectivity index (χ0v) is 15.4. The average molecular weight is 407 g/mol. The van der Waals surface area contributed by atoms with Crippen LogP contribution in [0.2, 0.25) is 0 Å². The highest BCUT2D eigenvalue weighted by molar-refractivity contribution is 7.10. The minimum Gasteiger partial charge on any atom is -0.495 e. The number of hydrogen-bond donors (Lipinski definition) is 2. The van der Waals surface area contributed by atoms with Gasteiger partial charge in [0.2, 0.25) is 0 Å². The van der Waals surface area contributed by atoms with E-state index in [4.69, 9.17) is 15.2 Å². The quantitative estimate of drug-likeness (QED) is 0.624. The third kappa shape index (κ3) is 3.92. The van der Waals surface area contributed by atoms with Gasteiger partial charge in [-0.2, -0.15) is 0 Å². The molecule has 1 aromatic carbocycles. The molecule has 0 aliphatic heterocycles. The lowest BCUT2D eigenvalue weighted by molar-refractivity contribution is 0.0982. The molecule has 10 heteroatoms. The second-order valence-corrected chi connectivity index (χ2v) is 6.43. The zero-order chi connectivity index (χ0) is 20.3. The normalized spacial score (nSPS) is 11.9. The van der Waals surface area contributed by atoms with Crippen LogP contribution in [0.1, 0.15) is 21.5 Å². The van der Waals surface area contributed by atoms with Gasteiger partial charge in [0.05, 0.1) is 25.6 Å². The van der Waals surface area contributed by atoms with Gasteiger partial charge in [0.1, 0.15) is 27.8 Å². The number of benzene rings is 1. The van der Waals surface area contributed by atoms with Crippen LogP contribution in [-0.4, -0.2) is 34.7 Å². The van der Waals surface area contributed by atoms with Crippen LogP contribution in [0.5, 0.6) is 11.5 Å². The second kappa shape index (κ2) is 8.28. The molecule has 3 aromatic rings. The van der Waals surface area contributed by atoms with Crippen molar-refractivity contribution in [2.24, 2.45) is 5.73 Å². The van der Waals surface area contributed by atoms with Crippen molar-refractivity contribution in [1.29, 1.82) is 0 Å². The molecule has 3 N–H and O–H groups in total. The number of primary amides is 1. The van der Waals surface area contributed by atoms with Crippen LogP contribution in [0.25, 0.3) is 11.4 Å². The largest absolute Gasteiger partial charge is 0.495 e. The molecule has 146 valence electrons. The van der Waals surface area contributed by atoms with Gasteiger partial charge in [-0.1, -0.05) is 0 Å². The van der Waals surface area contributed by atoms with Gasteiger partial charge in [0.25, 0.3) is 5.91 Å². The summed E-state index contributed by atoms with van der Waals surface area (Å²) in [6, 6.07) is 5.31. The van der Waals surface area contributed by atoms with Gasteiger partial charge < -0.3 is 20.3 Å². The lowest BCUT2D eigenvalue weighted by Crippen LogP contribution is -2.18. The van der Waals surface area contributed by atoms with Crippen LogP contribution >= 0.6 is 11.3 Å². The fourth-order valence-electron chi connectivity index (χ4n) is 2.38. The van der Waals surface area contributed by atoms with Crippen molar-refractivity contribution in [3.05, 3.63) is 58.0 Å². The Bertz CT molecular complexity index is 995. The van der Waals surface area contributed by atoms with E-state index in [1.807, 2.05) is 0 Å². The Kier molecular flexibility index (Phi) is 5.81. The van der Waals surface area contributed by atoms with Crippen LogP contribution in [0.3, 0.4) is 0 Å². The number of aromatic nitrogens is 2. The Labute approximate surface area is 162 Å². The fraction of sp³-hybridized carbons (Fsp3) is 0.167. The zero-order valence-electron chi connectivity index (χ0n) is 14.6. The topological polar surface area (TPSA) is 108 Å². The molecule has 1 amide bonds. The Balaban J connectivity index is 1.86. The molecule has 3 rings (SSSR count). The highest BCUT2D eigenvalue weighted by Crippen LogP contribution is 2.31. The fourth-order valence-corrected chi connectivity index (χ4v) is 3.21. The maximum absolute atomic E-state index is 14.4. The monoisotopic (exact) mass is 407 g/mol. The number of thiazole rings is 1. The molecule has 0 saturated heterocycles. The third-order valence-electron chi connectivity index (χ3n) is 3.77. The molecule has 0 radical (unpaired) electrons. The molecule has 7 nitrogen and oxygen atoms in total. The van der Waals surface area contributed by atoms with Crippen molar-refractivity contribution in [3.63, 3.8) is 0 Å². The SMILES string of the molecule is COc1ccc(-c2csc(C(CO)Oc3ccc(F)c(C(N)=O)c3F)n2)nc1. The molecule has 1 unspecified atom stereocenters. The standard InChI is InChI=1S/C18H15F2N3O4S/c1-26-9-2-4-11(22-6-9)12-8-28-18(23-12)14(7-24)27-13-5-3-10(19)15(16(13)20)17(21)25/h2-6,8,14,24H,7H2,1H3,(H2,21,25). The van der Waals surface area contributed by atoms with Gasteiger partial charge in [-0.05, 0) is 24.3 Å². The van der Waals surface area contributed by atoms with E-state index < -0.39 is 41.6 Å². The number of halogens is 2. The number of hydrogen-bond acceptors (Lipinski definition) is 7. The van der Waals surface area contributed by atoms with Crippen molar-refractivity contribution < 1.29 is 28.2 Å². The summed E-state index contributed by atoms with van der Waals surface area (Å²) in [6.07, 6.45) is 0.505. The summed E-state index contributed by atoms with van der Waals surface area (Å²) in [4.78, 5) is 19.8. The first-order valence-electron chi connectivity index (χ1n) is 7.95. The van der Waals surface area contributed by atoms with Crippen LogP contribution in [0.4, 0.5) is 8.78 Å². The first kappa shape index (κ1) is 19.6. The number of nitrogens with zero attached hydrogens (tertiary/aromatic N) is 2. The minimum atomic E-state index is -1.26. The number of carbonyl (C=O) groups is 1. The molecule has 0 aliphatic carbocycles. The highest BCUT2D eigenvalue weighted by Gasteiger charge is 2.24. The maximum atomic E-state index is 14.4. The van der Waals surface area contributed by atoms with Crippen LogP contribution < -0.4 is 15.2 Å². The second-order valence-electron chi connectivity index (χ2n) is 5.54. The Morgan fingerprint density at radius 1 is 1.29 bits per heavy atom. The van der Waals surface area contributed by atoms with Crippen LogP contribution in [0, 0.1) is 11.6 Å². The lowest BCUT2D eigenvalue weighted by Gasteiger charge is -2.16. The first-order valence-corrected chi connectivity index (χ1v) is 8.83. The number of pyridine rings is 1. The van der Waals surface area contributed by atoms with Crippen molar-refractivity contribution in [3.8, 4) is 22.9 Å². The van der Waals surface area contributed by atoms with E-state index >= 15 is 0 Å². The minimum absolute atomic E-state index is 0.347. The van der Waals surface area contributed by atoms with Crippen molar-refractivity contribution in [2.45, 2.75) is 6.10 Å². The summed E-state index contributed by atoms with van der Waals surface area (Å²) in [6.45, 7) is -0.522. The van der Waals surface area contributed by atoms with Gasteiger partial charge in [-0.3, -0.25) is 9.78 Å². The maximum Gasteiger partial charge on any atom is 0.254 e.